The van der Waals surface area contributed by atoms with Crippen molar-refractivity contribution in [3.8, 4) is 0 Å². The number of aromatic nitrogens is 3. The van der Waals surface area contributed by atoms with E-state index in [9.17, 15) is 9.59 Å². The topological polar surface area (TPSA) is 79.8 Å². The minimum absolute atomic E-state index is 0.0594. The molecular formula is C22H20N4O2. The van der Waals surface area contributed by atoms with Crippen molar-refractivity contribution in [1.29, 1.82) is 0 Å². The monoisotopic (exact) mass is 372 g/mol. The molecule has 1 unspecified atom stereocenters. The Kier molecular flexibility index (Phi) is 4.53. The van der Waals surface area contributed by atoms with Crippen LogP contribution in [0.5, 0.6) is 0 Å². The first-order chi connectivity index (χ1) is 13.5. The van der Waals surface area contributed by atoms with Gasteiger partial charge in [0.1, 0.15) is 5.56 Å². The summed E-state index contributed by atoms with van der Waals surface area (Å²) in [6.07, 6.45) is 1.57. The van der Waals surface area contributed by atoms with E-state index in [2.05, 4.69) is 15.4 Å². The second kappa shape index (κ2) is 7.15. The molecule has 28 heavy (non-hydrogen) atoms. The molecular weight excluding hydrogens is 352 g/mol. The number of nitrogens with one attached hydrogen (secondary N) is 2. The normalized spacial score (nSPS) is 12.1. The molecule has 2 aromatic carbocycles. The molecule has 1 atom stereocenters. The highest BCUT2D eigenvalue weighted by molar-refractivity contribution is 5.97. The summed E-state index contributed by atoms with van der Waals surface area (Å²) < 4.78 is 1.62. The molecule has 2 aromatic heterocycles. The zero-order valence-electron chi connectivity index (χ0n) is 15.6. The number of H-pyrrole nitrogens is 1. The van der Waals surface area contributed by atoms with Crippen LogP contribution in [0.25, 0.3) is 11.0 Å². The molecule has 0 spiro atoms. The Morgan fingerprint density at radius 2 is 1.75 bits per heavy atom. The maximum atomic E-state index is 13.0. The lowest BCUT2D eigenvalue weighted by molar-refractivity contribution is 0.0941. The van der Waals surface area contributed by atoms with Crippen molar-refractivity contribution in [3.63, 3.8) is 0 Å². The Morgan fingerprint density at radius 1 is 1.07 bits per heavy atom. The number of amides is 1. The molecule has 0 aliphatic carbocycles. The number of benzene rings is 2. The Labute approximate surface area is 161 Å². The van der Waals surface area contributed by atoms with Gasteiger partial charge in [0.25, 0.3) is 11.5 Å². The zero-order chi connectivity index (χ0) is 19.7. The predicted octanol–water partition coefficient (Wildman–Crippen LogP) is 3.09. The summed E-state index contributed by atoms with van der Waals surface area (Å²) >= 11 is 0. The van der Waals surface area contributed by atoms with Gasteiger partial charge < -0.3 is 10.3 Å². The van der Waals surface area contributed by atoms with Gasteiger partial charge in [-0.15, -0.1) is 0 Å². The summed E-state index contributed by atoms with van der Waals surface area (Å²) in [5.74, 6) is -0.432. The Balaban J connectivity index is 1.73. The van der Waals surface area contributed by atoms with Crippen LogP contribution in [0, 0.1) is 6.92 Å². The number of hydrogen-bond acceptors (Lipinski definition) is 3. The van der Waals surface area contributed by atoms with Crippen LogP contribution in [0.2, 0.25) is 0 Å². The van der Waals surface area contributed by atoms with Gasteiger partial charge in [-0.1, -0.05) is 60.2 Å². The van der Waals surface area contributed by atoms with E-state index in [1.165, 1.54) is 0 Å². The molecule has 4 aromatic rings. The molecule has 0 fully saturated rings. The highest BCUT2D eigenvalue weighted by Gasteiger charge is 2.20. The highest BCUT2D eigenvalue weighted by Crippen LogP contribution is 2.23. The predicted molar refractivity (Wildman–Crippen MR) is 108 cm³/mol. The highest BCUT2D eigenvalue weighted by atomic mass is 16.2. The molecule has 2 heterocycles. The third-order valence-electron chi connectivity index (χ3n) is 4.82. The van der Waals surface area contributed by atoms with Crippen molar-refractivity contribution in [2.45, 2.75) is 13.0 Å². The maximum Gasteiger partial charge on any atom is 0.261 e. The number of pyridine rings is 1. The van der Waals surface area contributed by atoms with Crippen LogP contribution in [0.1, 0.15) is 33.1 Å². The molecule has 4 rings (SSSR count). The van der Waals surface area contributed by atoms with Crippen molar-refractivity contribution < 1.29 is 4.79 Å². The SMILES string of the molecule is Cc1ccc(C(NC(=O)c2cc3c(cnn3C)[nH]c2=O)c2ccccc2)cc1. The van der Waals surface area contributed by atoms with E-state index in [0.29, 0.717) is 11.0 Å². The summed E-state index contributed by atoms with van der Waals surface area (Å²) in [5, 5.41) is 7.13. The average Bonchev–Trinajstić information content (AvgIpc) is 3.06. The van der Waals surface area contributed by atoms with Crippen LogP contribution < -0.4 is 10.9 Å². The van der Waals surface area contributed by atoms with Crippen LogP contribution in [0.4, 0.5) is 0 Å². The van der Waals surface area contributed by atoms with Gasteiger partial charge in [-0.25, -0.2) is 0 Å². The first-order valence-corrected chi connectivity index (χ1v) is 9.00. The molecule has 6 nitrogen and oxygen atoms in total. The number of hydrogen-bond donors (Lipinski definition) is 2. The Hall–Kier alpha value is -3.67. The second-order valence-corrected chi connectivity index (χ2v) is 6.81. The fourth-order valence-electron chi connectivity index (χ4n) is 3.25. The molecule has 0 aliphatic heterocycles. The molecule has 2 N–H and O–H groups in total. The van der Waals surface area contributed by atoms with Crippen molar-refractivity contribution in [1.82, 2.24) is 20.1 Å². The smallest absolute Gasteiger partial charge is 0.261 e. The van der Waals surface area contributed by atoms with E-state index < -0.39 is 11.5 Å². The van der Waals surface area contributed by atoms with Crippen molar-refractivity contribution in [2.24, 2.45) is 7.05 Å². The van der Waals surface area contributed by atoms with Gasteiger partial charge in [0.05, 0.1) is 23.3 Å². The van der Waals surface area contributed by atoms with Crippen molar-refractivity contribution in [3.05, 3.63) is 99.5 Å². The number of aryl methyl sites for hydroxylation is 2. The largest absolute Gasteiger partial charge is 0.341 e. The lowest BCUT2D eigenvalue weighted by atomic mass is 9.97. The van der Waals surface area contributed by atoms with Crippen molar-refractivity contribution in [2.75, 3.05) is 0 Å². The maximum absolute atomic E-state index is 13.0. The Bertz CT molecular complexity index is 1190. The molecule has 0 saturated carbocycles. The van der Waals surface area contributed by atoms with Gasteiger partial charge in [0, 0.05) is 7.05 Å². The standard InChI is InChI=1S/C22H20N4O2/c1-14-8-10-16(11-9-14)20(15-6-4-3-5-7-15)25-22(28)17-12-19-18(24-21(17)27)13-23-26(19)2/h3-13,20H,1-2H3,(H,24,27)(H,25,28). The van der Waals surface area contributed by atoms with Crippen LogP contribution in [-0.2, 0) is 7.05 Å². The van der Waals surface area contributed by atoms with Gasteiger partial charge in [-0.2, -0.15) is 5.10 Å². The molecule has 0 radical (unpaired) electrons. The van der Waals surface area contributed by atoms with E-state index in [-0.39, 0.29) is 11.6 Å². The molecule has 140 valence electrons. The summed E-state index contributed by atoms with van der Waals surface area (Å²) in [7, 11) is 1.77. The molecule has 1 amide bonds. The number of aromatic amines is 1. The zero-order valence-corrected chi connectivity index (χ0v) is 15.6. The minimum Gasteiger partial charge on any atom is -0.341 e. The summed E-state index contributed by atoms with van der Waals surface area (Å²) in [6, 6.07) is 18.9. The number of fused-ring (bicyclic) bond motifs is 1. The van der Waals surface area contributed by atoms with Crippen LogP contribution in [0.3, 0.4) is 0 Å². The molecule has 0 bridgehead atoms. The van der Waals surface area contributed by atoms with Crippen LogP contribution in [0.15, 0.2) is 71.7 Å². The molecule has 0 aliphatic rings. The fraction of sp³-hybridized carbons (Fsp3) is 0.136. The van der Waals surface area contributed by atoms with E-state index >= 15 is 0 Å². The quantitative estimate of drug-likeness (QED) is 0.578. The van der Waals surface area contributed by atoms with Gasteiger partial charge in [-0.05, 0) is 24.1 Å². The van der Waals surface area contributed by atoms with Gasteiger partial charge in [-0.3, -0.25) is 14.3 Å². The van der Waals surface area contributed by atoms with E-state index in [0.717, 1.165) is 16.7 Å². The first kappa shape index (κ1) is 17.7. The Morgan fingerprint density at radius 3 is 2.46 bits per heavy atom. The number of carbonyl (C=O) groups excluding carboxylic acids is 1. The van der Waals surface area contributed by atoms with Crippen LogP contribution in [-0.4, -0.2) is 20.7 Å². The lowest BCUT2D eigenvalue weighted by Gasteiger charge is -2.20. The van der Waals surface area contributed by atoms with E-state index in [4.69, 9.17) is 0 Å². The van der Waals surface area contributed by atoms with E-state index in [1.54, 1.807) is 24.0 Å². The van der Waals surface area contributed by atoms with Gasteiger partial charge >= 0.3 is 0 Å². The average molecular weight is 372 g/mol. The summed E-state index contributed by atoms with van der Waals surface area (Å²) in [4.78, 5) is 28.2. The van der Waals surface area contributed by atoms with Crippen molar-refractivity contribution >= 4 is 16.9 Å². The first-order valence-electron chi connectivity index (χ1n) is 9.00. The lowest BCUT2D eigenvalue weighted by Crippen LogP contribution is -2.33. The van der Waals surface area contributed by atoms with Crippen LogP contribution >= 0.6 is 0 Å². The number of carbonyl (C=O) groups is 1. The molecule has 6 heteroatoms. The third kappa shape index (κ3) is 3.32. The third-order valence-corrected chi connectivity index (χ3v) is 4.82. The second-order valence-electron chi connectivity index (χ2n) is 6.81. The number of nitrogens with zero attached hydrogens (tertiary/aromatic N) is 2. The fourth-order valence-corrected chi connectivity index (χ4v) is 3.25. The summed E-state index contributed by atoms with van der Waals surface area (Å²) in [5.41, 5.74) is 3.94. The minimum atomic E-state index is -0.436. The van der Waals surface area contributed by atoms with Gasteiger partial charge in [0.15, 0.2) is 0 Å². The molecule has 0 saturated heterocycles. The summed E-state index contributed by atoms with van der Waals surface area (Å²) in [6.45, 7) is 2.02. The van der Waals surface area contributed by atoms with E-state index in [1.807, 2.05) is 61.5 Å². The van der Waals surface area contributed by atoms with Gasteiger partial charge in [0.2, 0.25) is 0 Å². The number of rotatable bonds is 4.